The van der Waals surface area contributed by atoms with Crippen molar-refractivity contribution >= 4 is 11.6 Å². The van der Waals surface area contributed by atoms with E-state index in [-0.39, 0.29) is 17.7 Å². The van der Waals surface area contributed by atoms with Crippen LogP contribution in [0, 0.1) is 36.0 Å². The van der Waals surface area contributed by atoms with Crippen LogP contribution in [0.15, 0.2) is 36.5 Å². The third kappa shape index (κ3) is 3.15. The first-order chi connectivity index (χ1) is 12.6. The van der Waals surface area contributed by atoms with E-state index in [9.17, 15) is 4.79 Å². The number of ether oxygens (including phenoxy) is 1. The molecule has 5 nitrogen and oxygen atoms in total. The van der Waals surface area contributed by atoms with Gasteiger partial charge in [0, 0.05) is 17.8 Å². The van der Waals surface area contributed by atoms with Crippen LogP contribution < -0.4 is 10.1 Å². The van der Waals surface area contributed by atoms with Crippen molar-refractivity contribution < 1.29 is 9.53 Å². The van der Waals surface area contributed by atoms with E-state index in [4.69, 9.17) is 10.00 Å². The van der Waals surface area contributed by atoms with Crippen molar-refractivity contribution in [1.29, 1.82) is 5.26 Å². The molecular formula is C21H21N3O2. The Balaban J connectivity index is 1.46. The summed E-state index contributed by atoms with van der Waals surface area (Å²) in [6.07, 6.45) is 6.33. The number of hydrogen-bond donors (Lipinski definition) is 1. The lowest BCUT2D eigenvalue weighted by Crippen LogP contribution is -2.27. The predicted octanol–water partition coefficient (Wildman–Crippen LogP) is 4.43. The molecule has 0 spiro atoms. The Hall–Kier alpha value is -2.87. The fraction of sp³-hybridized carbons (Fsp3) is 0.381. The van der Waals surface area contributed by atoms with Gasteiger partial charge in [0.05, 0.1) is 0 Å². The molecule has 0 saturated heterocycles. The summed E-state index contributed by atoms with van der Waals surface area (Å²) in [5, 5.41) is 12.2. The van der Waals surface area contributed by atoms with Gasteiger partial charge in [-0.25, -0.2) is 4.98 Å². The molecule has 0 aliphatic heterocycles. The number of benzene rings is 1. The smallest absolute Gasteiger partial charge is 0.237 e. The average Bonchev–Trinajstić information content (AvgIpc) is 3.28. The summed E-state index contributed by atoms with van der Waals surface area (Å²) < 4.78 is 5.73. The van der Waals surface area contributed by atoms with Gasteiger partial charge in [-0.1, -0.05) is 6.42 Å². The van der Waals surface area contributed by atoms with E-state index >= 15 is 0 Å². The van der Waals surface area contributed by atoms with Crippen LogP contribution in [0.4, 0.5) is 5.69 Å². The first-order valence-corrected chi connectivity index (χ1v) is 9.08. The van der Waals surface area contributed by atoms with Crippen LogP contribution in [-0.2, 0) is 4.79 Å². The van der Waals surface area contributed by atoms with E-state index < -0.39 is 0 Å². The Bertz CT molecular complexity index is 887. The largest absolute Gasteiger partial charge is 0.438 e. The Kier molecular flexibility index (Phi) is 4.34. The molecule has 2 aliphatic rings. The second-order valence-corrected chi connectivity index (χ2v) is 7.32. The van der Waals surface area contributed by atoms with E-state index in [0.29, 0.717) is 17.2 Å². The first-order valence-electron chi connectivity index (χ1n) is 9.08. The van der Waals surface area contributed by atoms with Crippen molar-refractivity contribution in [2.75, 3.05) is 5.32 Å². The fourth-order valence-corrected chi connectivity index (χ4v) is 4.30. The molecule has 4 rings (SSSR count). The third-order valence-electron chi connectivity index (χ3n) is 5.64. The van der Waals surface area contributed by atoms with Gasteiger partial charge in [-0.2, -0.15) is 5.26 Å². The van der Waals surface area contributed by atoms with Crippen molar-refractivity contribution in [3.63, 3.8) is 0 Å². The van der Waals surface area contributed by atoms with E-state index in [1.165, 1.54) is 19.3 Å². The number of hydrogen-bond acceptors (Lipinski definition) is 4. The second kappa shape index (κ2) is 6.80. The molecule has 0 radical (unpaired) electrons. The Morgan fingerprint density at radius 1 is 1.31 bits per heavy atom. The lowest BCUT2D eigenvalue weighted by atomic mass is 9.88. The summed E-state index contributed by atoms with van der Waals surface area (Å²) >= 11 is 0. The van der Waals surface area contributed by atoms with Crippen LogP contribution in [-0.4, -0.2) is 10.9 Å². The molecule has 5 heteroatoms. The second-order valence-electron chi connectivity index (χ2n) is 7.32. The van der Waals surface area contributed by atoms with E-state index in [2.05, 4.69) is 16.4 Å². The number of aryl methyl sites for hydroxylation is 1. The number of nitrogens with one attached hydrogen (secondary N) is 1. The quantitative estimate of drug-likeness (QED) is 0.888. The maximum Gasteiger partial charge on any atom is 0.237 e. The van der Waals surface area contributed by atoms with Crippen molar-refractivity contribution in [2.24, 2.45) is 17.8 Å². The maximum atomic E-state index is 12.6. The van der Waals surface area contributed by atoms with Crippen molar-refractivity contribution in [1.82, 2.24) is 4.98 Å². The molecule has 1 aromatic carbocycles. The molecule has 2 aliphatic carbocycles. The highest BCUT2D eigenvalue weighted by molar-refractivity contribution is 5.93. The first kappa shape index (κ1) is 16.6. The number of carbonyl (C=O) groups is 1. The summed E-state index contributed by atoms with van der Waals surface area (Å²) in [5.41, 5.74) is 2.12. The zero-order valence-electron chi connectivity index (χ0n) is 14.7. The molecule has 3 unspecified atom stereocenters. The topological polar surface area (TPSA) is 75.0 Å². The molecule has 2 bridgehead atoms. The van der Waals surface area contributed by atoms with Crippen molar-refractivity contribution in [2.45, 2.75) is 32.6 Å². The number of pyridine rings is 1. The van der Waals surface area contributed by atoms with E-state index in [1.807, 2.05) is 19.1 Å². The summed E-state index contributed by atoms with van der Waals surface area (Å²) in [7, 11) is 0. The monoisotopic (exact) mass is 347 g/mol. The average molecular weight is 347 g/mol. The molecule has 2 saturated carbocycles. The summed E-state index contributed by atoms with van der Waals surface area (Å²) in [5.74, 6) is 2.50. The van der Waals surface area contributed by atoms with Gasteiger partial charge in [-0.15, -0.1) is 0 Å². The van der Waals surface area contributed by atoms with Crippen LogP contribution in [0.2, 0.25) is 0 Å². The molecule has 26 heavy (non-hydrogen) atoms. The molecule has 2 aromatic rings. The van der Waals surface area contributed by atoms with Crippen molar-refractivity contribution in [3.05, 3.63) is 47.7 Å². The maximum absolute atomic E-state index is 12.6. The number of rotatable bonds is 4. The minimum absolute atomic E-state index is 0.144. The van der Waals surface area contributed by atoms with E-state index in [1.54, 1.807) is 24.4 Å². The van der Waals surface area contributed by atoms with Gasteiger partial charge in [0.1, 0.15) is 17.4 Å². The molecule has 1 amide bonds. The van der Waals surface area contributed by atoms with Crippen LogP contribution in [0.3, 0.4) is 0 Å². The number of fused-ring (bicyclic) bond motifs is 2. The molecule has 1 aromatic heterocycles. The standard InChI is InChI=1S/C21H21N3O2/c1-13-9-17(26-21-16(12-22)3-2-8-23-21)6-7-19(13)24-20(25)18-11-14-4-5-15(18)10-14/h2-3,6-9,14-15,18H,4-5,10-11H2,1H3,(H,24,25). The van der Waals surface area contributed by atoms with Gasteiger partial charge in [0.15, 0.2) is 0 Å². The molecule has 2 fully saturated rings. The highest BCUT2D eigenvalue weighted by atomic mass is 16.5. The highest BCUT2D eigenvalue weighted by Gasteiger charge is 2.43. The number of carbonyl (C=O) groups excluding carboxylic acids is 1. The number of nitrogens with zero attached hydrogens (tertiary/aromatic N) is 2. The van der Waals surface area contributed by atoms with Crippen LogP contribution in [0.25, 0.3) is 0 Å². The normalized spacial score (nSPS) is 23.5. The molecule has 1 heterocycles. The molecule has 132 valence electrons. The van der Waals surface area contributed by atoms with Gasteiger partial charge in [-0.05, 0) is 73.9 Å². The number of nitriles is 1. The van der Waals surface area contributed by atoms with Gasteiger partial charge in [0.25, 0.3) is 0 Å². The molecule has 3 atom stereocenters. The summed E-state index contributed by atoms with van der Waals surface area (Å²) in [4.78, 5) is 16.7. The lowest BCUT2D eigenvalue weighted by Gasteiger charge is -2.21. The van der Waals surface area contributed by atoms with Crippen LogP contribution >= 0.6 is 0 Å². The zero-order chi connectivity index (χ0) is 18.1. The Morgan fingerprint density at radius 3 is 2.88 bits per heavy atom. The third-order valence-corrected chi connectivity index (χ3v) is 5.64. The molecular weight excluding hydrogens is 326 g/mol. The van der Waals surface area contributed by atoms with Gasteiger partial charge >= 0.3 is 0 Å². The van der Waals surface area contributed by atoms with Crippen molar-refractivity contribution in [3.8, 4) is 17.7 Å². The number of aromatic nitrogens is 1. The van der Waals surface area contributed by atoms with Gasteiger partial charge < -0.3 is 10.1 Å². The minimum Gasteiger partial charge on any atom is -0.438 e. The van der Waals surface area contributed by atoms with E-state index in [0.717, 1.165) is 23.6 Å². The zero-order valence-corrected chi connectivity index (χ0v) is 14.7. The predicted molar refractivity (Wildman–Crippen MR) is 97.8 cm³/mol. The number of amides is 1. The highest BCUT2D eigenvalue weighted by Crippen LogP contribution is 2.48. The Labute approximate surface area is 153 Å². The fourth-order valence-electron chi connectivity index (χ4n) is 4.30. The van der Waals surface area contributed by atoms with Crippen LogP contribution in [0.1, 0.15) is 36.8 Å². The van der Waals surface area contributed by atoms with Gasteiger partial charge in [0.2, 0.25) is 11.8 Å². The lowest BCUT2D eigenvalue weighted by molar-refractivity contribution is -0.121. The SMILES string of the molecule is Cc1cc(Oc2ncccc2C#N)ccc1NC(=O)C1CC2CCC1C2. The minimum atomic E-state index is 0.144. The Morgan fingerprint density at radius 2 is 2.19 bits per heavy atom. The molecule has 1 N–H and O–H groups in total. The summed E-state index contributed by atoms with van der Waals surface area (Å²) in [6, 6.07) is 10.9. The van der Waals surface area contributed by atoms with Crippen LogP contribution in [0.5, 0.6) is 11.6 Å². The number of anilines is 1. The van der Waals surface area contributed by atoms with Gasteiger partial charge in [-0.3, -0.25) is 4.79 Å². The summed E-state index contributed by atoms with van der Waals surface area (Å²) in [6.45, 7) is 1.94.